The topological polar surface area (TPSA) is 53.1 Å². The molecule has 0 saturated heterocycles. The number of aromatic nitrogens is 2. The molecular formula is C12H22BrN3O. The summed E-state index contributed by atoms with van der Waals surface area (Å²) in [6, 6.07) is -0.136. The van der Waals surface area contributed by atoms with Crippen molar-refractivity contribution in [2.45, 2.75) is 52.3 Å². The van der Waals surface area contributed by atoms with Gasteiger partial charge in [0.2, 0.25) is 0 Å². The molecule has 0 bridgehead atoms. The van der Waals surface area contributed by atoms with Crippen LogP contribution < -0.4 is 5.73 Å². The van der Waals surface area contributed by atoms with Gasteiger partial charge in [-0.2, -0.15) is 5.10 Å². The van der Waals surface area contributed by atoms with Gasteiger partial charge in [0.1, 0.15) is 0 Å². The van der Waals surface area contributed by atoms with E-state index >= 15 is 0 Å². The summed E-state index contributed by atoms with van der Waals surface area (Å²) < 4.78 is 8.62. The Labute approximate surface area is 112 Å². The number of hydrogen-bond acceptors (Lipinski definition) is 3. The number of ether oxygens (including phenoxy) is 1. The summed E-state index contributed by atoms with van der Waals surface area (Å²) in [6.07, 6.45) is 3.80. The van der Waals surface area contributed by atoms with Gasteiger partial charge in [-0.05, 0) is 35.7 Å². The van der Waals surface area contributed by atoms with Gasteiger partial charge in [-0.15, -0.1) is 0 Å². The van der Waals surface area contributed by atoms with Gasteiger partial charge in [0.15, 0.2) is 0 Å². The molecule has 0 aromatic carbocycles. The molecule has 2 unspecified atom stereocenters. The predicted octanol–water partition coefficient (Wildman–Crippen LogP) is 2.87. The van der Waals surface area contributed by atoms with E-state index in [1.165, 1.54) is 0 Å². The number of halogens is 1. The third-order valence-corrected chi connectivity index (χ3v) is 3.38. The average molecular weight is 304 g/mol. The Kier molecular flexibility index (Phi) is 6.16. The Hall–Kier alpha value is -0.390. The summed E-state index contributed by atoms with van der Waals surface area (Å²) >= 11 is 3.52. The Morgan fingerprint density at radius 2 is 2.18 bits per heavy atom. The van der Waals surface area contributed by atoms with Crippen molar-refractivity contribution < 1.29 is 4.74 Å². The van der Waals surface area contributed by atoms with Gasteiger partial charge in [-0.1, -0.05) is 13.8 Å². The molecule has 0 fully saturated rings. The highest BCUT2D eigenvalue weighted by atomic mass is 79.9. The second kappa shape index (κ2) is 7.13. The zero-order valence-electron chi connectivity index (χ0n) is 10.8. The highest BCUT2D eigenvalue weighted by Gasteiger charge is 2.24. The van der Waals surface area contributed by atoms with Gasteiger partial charge < -0.3 is 10.5 Å². The molecule has 1 aromatic heterocycles. The van der Waals surface area contributed by atoms with E-state index in [2.05, 4.69) is 34.9 Å². The number of aryl methyl sites for hydroxylation is 1. The molecule has 0 radical (unpaired) electrons. The van der Waals surface area contributed by atoms with Crippen LogP contribution in [-0.2, 0) is 11.3 Å². The highest BCUT2D eigenvalue weighted by Crippen LogP contribution is 2.26. The largest absolute Gasteiger partial charge is 0.376 e. The third-order valence-electron chi connectivity index (χ3n) is 2.77. The molecular weight excluding hydrogens is 282 g/mol. The monoisotopic (exact) mass is 303 g/mol. The van der Waals surface area contributed by atoms with Gasteiger partial charge in [-0.25, -0.2) is 0 Å². The lowest BCUT2D eigenvalue weighted by Crippen LogP contribution is -2.31. The van der Waals surface area contributed by atoms with E-state index in [-0.39, 0.29) is 12.1 Å². The minimum atomic E-state index is -0.136. The zero-order valence-corrected chi connectivity index (χ0v) is 12.4. The van der Waals surface area contributed by atoms with Crippen LogP contribution in [0.2, 0.25) is 0 Å². The van der Waals surface area contributed by atoms with Crippen molar-refractivity contribution in [3.63, 3.8) is 0 Å². The first-order chi connectivity index (χ1) is 8.15. The molecule has 0 spiro atoms. The van der Waals surface area contributed by atoms with E-state index in [0.717, 1.165) is 29.6 Å². The van der Waals surface area contributed by atoms with E-state index in [9.17, 15) is 0 Å². The predicted molar refractivity (Wildman–Crippen MR) is 72.9 cm³/mol. The maximum atomic E-state index is 6.30. The van der Waals surface area contributed by atoms with Gasteiger partial charge >= 0.3 is 0 Å². The summed E-state index contributed by atoms with van der Waals surface area (Å²) in [5.41, 5.74) is 7.33. The molecule has 0 amide bonds. The Morgan fingerprint density at radius 1 is 1.47 bits per heavy atom. The molecule has 0 saturated carbocycles. The average Bonchev–Trinajstić information content (AvgIpc) is 2.67. The van der Waals surface area contributed by atoms with Crippen LogP contribution in [0.15, 0.2) is 10.7 Å². The summed E-state index contributed by atoms with van der Waals surface area (Å²) in [5, 5.41) is 4.34. The number of rotatable bonds is 7. The Balaban J connectivity index is 2.92. The lowest BCUT2D eigenvalue weighted by atomic mass is 10.1. The standard InChI is InChI=1S/C12H22BrN3O/c1-4-7-16-12(9(13)8-15-16)11(14)10(5-2)17-6-3/h8,10-11H,4-7,14H2,1-3H3. The molecule has 1 heterocycles. The van der Waals surface area contributed by atoms with Gasteiger partial charge in [0.25, 0.3) is 0 Å². The maximum absolute atomic E-state index is 6.30. The molecule has 2 atom stereocenters. The number of nitrogens with two attached hydrogens (primary N) is 1. The van der Waals surface area contributed by atoms with Crippen LogP contribution in [0, 0.1) is 0 Å². The van der Waals surface area contributed by atoms with Crippen molar-refractivity contribution in [3.8, 4) is 0 Å². The van der Waals surface area contributed by atoms with Crippen molar-refractivity contribution in [1.82, 2.24) is 9.78 Å². The SMILES string of the molecule is CCCn1ncc(Br)c1C(N)C(CC)OCC. The molecule has 0 aliphatic rings. The molecule has 4 nitrogen and oxygen atoms in total. The third kappa shape index (κ3) is 3.53. The van der Waals surface area contributed by atoms with Crippen LogP contribution in [0.4, 0.5) is 0 Å². The van der Waals surface area contributed by atoms with E-state index in [1.807, 2.05) is 17.8 Å². The minimum Gasteiger partial charge on any atom is -0.376 e. The van der Waals surface area contributed by atoms with Crippen molar-refractivity contribution >= 4 is 15.9 Å². The Morgan fingerprint density at radius 3 is 2.71 bits per heavy atom. The minimum absolute atomic E-state index is 0.0450. The fourth-order valence-corrected chi connectivity index (χ4v) is 2.52. The van der Waals surface area contributed by atoms with Gasteiger partial charge in [0.05, 0.1) is 28.5 Å². The van der Waals surface area contributed by atoms with E-state index < -0.39 is 0 Å². The molecule has 1 rings (SSSR count). The first-order valence-electron chi connectivity index (χ1n) is 6.23. The van der Waals surface area contributed by atoms with E-state index in [0.29, 0.717) is 6.61 Å². The fourth-order valence-electron chi connectivity index (χ4n) is 1.96. The quantitative estimate of drug-likeness (QED) is 0.842. The normalized spacial score (nSPS) is 14.9. The smallest absolute Gasteiger partial charge is 0.0780 e. The van der Waals surface area contributed by atoms with Crippen LogP contribution in [0.3, 0.4) is 0 Å². The second-order valence-corrected chi connectivity index (χ2v) is 4.88. The fraction of sp³-hybridized carbons (Fsp3) is 0.750. The summed E-state index contributed by atoms with van der Waals surface area (Å²) in [5.74, 6) is 0. The molecule has 2 N–H and O–H groups in total. The summed E-state index contributed by atoms with van der Waals surface area (Å²) in [6.45, 7) is 7.79. The summed E-state index contributed by atoms with van der Waals surface area (Å²) in [4.78, 5) is 0. The first-order valence-corrected chi connectivity index (χ1v) is 7.03. The molecule has 98 valence electrons. The van der Waals surface area contributed by atoms with Crippen molar-refractivity contribution in [2.24, 2.45) is 5.73 Å². The number of nitrogens with zero attached hydrogens (tertiary/aromatic N) is 2. The first kappa shape index (κ1) is 14.7. The van der Waals surface area contributed by atoms with Crippen LogP contribution in [0.5, 0.6) is 0 Å². The van der Waals surface area contributed by atoms with Crippen molar-refractivity contribution in [1.29, 1.82) is 0 Å². The lowest BCUT2D eigenvalue weighted by molar-refractivity contribution is 0.0391. The van der Waals surface area contributed by atoms with Crippen LogP contribution in [-0.4, -0.2) is 22.5 Å². The van der Waals surface area contributed by atoms with Gasteiger partial charge in [0, 0.05) is 13.2 Å². The summed E-state index contributed by atoms with van der Waals surface area (Å²) in [7, 11) is 0. The van der Waals surface area contributed by atoms with E-state index in [1.54, 1.807) is 0 Å². The van der Waals surface area contributed by atoms with Gasteiger partial charge in [-0.3, -0.25) is 4.68 Å². The van der Waals surface area contributed by atoms with Crippen LogP contribution >= 0.6 is 15.9 Å². The van der Waals surface area contributed by atoms with Crippen LogP contribution in [0.1, 0.15) is 45.3 Å². The van der Waals surface area contributed by atoms with Crippen molar-refractivity contribution in [2.75, 3.05) is 6.61 Å². The lowest BCUT2D eigenvalue weighted by Gasteiger charge is -2.23. The number of hydrogen-bond donors (Lipinski definition) is 1. The highest BCUT2D eigenvalue weighted by molar-refractivity contribution is 9.10. The molecule has 5 heteroatoms. The zero-order chi connectivity index (χ0) is 12.8. The van der Waals surface area contributed by atoms with E-state index in [4.69, 9.17) is 10.5 Å². The second-order valence-electron chi connectivity index (χ2n) is 4.03. The molecule has 0 aliphatic carbocycles. The Bertz CT molecular complexity index is 340. The molecule has 17 heavy (non-hydrogen) atoms. The van der Waals surface area contributed by atoms with Crippen molar-refractivity contribution in [3.05, 3.63) is 16.4 Å². The van der Waals surface area contributed by atoms with Crippen LogP contribution in [0.25, 0.3) is 0 Å². The molecule has 0 aliphatic heterocycles. The maximum Gasteiger partial charge on any atom is 0.0780 e. The molecule has 1 aromatic rings.